The van der Waals surface area contributed by atoms with Gasteiger partial charge in [0.05, 0.1) is 5.02 Å². The molecule has 108 valence electrons. The highest BCUT2D eigenvalue weighted by molar-refractivity contribution is 6.31. The Hall–Kier alpha value is -0.800. The summed E-state index contributed by atoms with van der Waals surface area (Å²) in [5.41, 5.74) is 1.11. The van der Waals surface area contributed by atoms with Crippen molar-refractivity contribution in [3.63, 3.8) is 0 Å². The van der Waals surface area contributed by atoms with Gasteiger partial charge >= 0.3 is 0 Å². The van der Waals surface area contributed by atoms with Crippen LogP contribution in [0.15, 0.2) is 12.3 Å². The van der Waals surface area contributed by atoms with Crippen molar-refractivity contribution in [2.45, 2.75) is 46.6 Å². The van der Waals surface area contributed by atoms with E-state index in [2.05, 4.69) is 36.4 Å². The molecule has 0 bridgehead atoms. The number of halogens is 1. The molecule has 19 heavy (non-hydrogen) atoms. The second-order valence-corrected chi connectivity index (χ2v) is 5.31. The molecule has 0 aliphatic heterocycles. The SMILES string of the molecule is CCCNCc1cc(NCC(CC)CC)ncc1Cl. The summed E-state index contributed by atoms with van der Waals surface area (Å²) in [6, 6.07) is 2.05. The van der Waals surface area contributed by atoms with Gasteiger partial charge in [0.15, 0.2) is 0 Å². The first-order valence-corrected chi connectivity index (χ1v) is 7.68. The number of nitrogens with zero attached hydrogens (tertiary/aromatic N) is 1. The van der Waals surface area contributed by atoms with Crippen LogP contribution in [0.25, 0.3) is 0 Å². The monoisotopic (exact) mass is 283 g/mol. The number of anilines is 1. The van der Waals surface area contributed by atoms with Gasteiger partial charge < -0.3 is 10.6 Å². The highest BCUT2D eigenvalue weighted by atomic mass is 35.5. The van der Waals surface area contributed by atoms with Crippen molar-refractivity contribution in [3.05, 3.63) is 22.8 Å². The molecular weight excluding hydrogens is 258 g/mol. The maximum absolute atomic E-state index is 6.16. The average molecular weight is 284 g/mol. The van der Waals surface area contributed by atoms with E-state index in [4.69, 9.17) is 11.6 Å². The predicted octanol–water partition coefficient (Wildman–Crippen LogP) is 4.08. The first-order valence-electron chi connectivity index (χ1n) is 7.30. The van der Waals surface area contributed by atoms with E-state index in [0.29, 0.717) is 5.92 Å². The molecule has 1 aromatic heterocycles. The Balaban J connectivity index is 2.57. The maximum Gasteiger partial charge on any atom is 0.126 e. The summed E-state index contributed by atoms with van der Waals surface area (Å²) >= 11 is 6.16. The Labute approximate surface area is 122 Å². The van der Waals surface area contributed by atoms with Gasteiger partial charge in [-0.2, -0.15) is 0 Å². The quantitative estimate of drug-likeness (QED) is 0.671. The van der Waals surface area contributed by atoms with Crippen LogP contribution in [0, 0.1) is 5.92 Å². The van der Waals surface area contributed by atoms with Crippen LogP contribution < -0.4 is 10.6 Å². The molecule has 0 amide bonds. The third-order valence-electron chi connectivity index (χ3n) is 3.40. The summed E-state index contributed by atoms with van der Waals surface area (Å²) in [7, 11) is 0. The molecule has 1 rings (SSSR count). The molecule has 1 heterocycles. The predicted molar refractivity (Wildman–Crippen MR) is 83.8 cm³/mol. The van der Waals surface area contributed by atoms with Gasteiger partial charge in [0, 0.05) is 19.3 Å². The molecule has 4 heteroatoms. The molecule has 3 nitrogen and oxygen atoms in total. The summed E-state index contributed by atoms with van der Waals surface area (Å²) < 4.78 is 0. The van der Waals surface area contributed by atoms with Gasteiger partial charge in [-0.05, 0) is 30.5 Å². The minimum atomic E-state index is 0.708. The first-order chi connectivity index (χ1) is 9.21. The third kappa shape index (κ3) is 5.79. The van der Waals surface area contributed by atoms with Crippen LogP contribution >= 0.6 is 11.6 Å². The van der Waals surface area contributed by atoms with Gasteiger partial charge in [-0.1, -0.05) is 45.2 Å². The van der Waals surface area contributed by atoms with Gasteiger partial charge in [0.1, 0.15) is 5.82 Å². The van der Waals surface area contributed by atoms with Crippen molar-refractivity contribution >= 4 is 17.4 Å². The van der Waals surface area contributed by atoms with Crippen LogP contribution in [0.4, 0.5) is 5.82 Å². The van der Waals surface area contributed by atoms with E-state index in [1.54, 1.807) is 6.20 Å². The van der Waals surface area contributed by atoms with Gasteiger partial charge in [-0.3, -0.25) is 0 Å². The van der Waals surface area contributed by atoms with E-state index in [0.717, 1.165) is 42.5 Å². The number of pyridine rings is 1. The van der Waals surface area contributed by atoms with Crippen molar-refractivity contribution in [1.29, 1.82) is 0 Å². The molecule has 1 aromatic rings. The molecule has 0 saturated carbocycles. The van der Waals surface area contributed by atoms with E-state index >= 15 is 0 Å². The molecule has 0 aliphatic rings. The highest BCUT2D eigenvalue weighted by Gasteiger charge is 2.06. The summed E-state index contributed by atoms with van der Waals surface area (Å²) in [4.78, 5) is 4.34. The zero-order valence-corrected chi connectivity index (χ0v) is 13.1. The average Bonchev–Trinajstić information content (AvgIpc) is 2.43. The molecule has 0 radical (unpaired) electrons. The van der Waals surface area contributed by atoms with Crippen molar-refractivity contribution in [2.24, 2.45) is 5.92 Å². The molecule has 0 spiro atoms. The Morgan fingerprint density at radius 3 is 2.63 bits per heavy atom. The Morgan fingerprint density at radius 2 is 2.00 bits per heavy atom. The van der Waals surface area contributed by atoms with Gasteiger partial charge in [0.2, 0.25) is 0 Å². The van der Waals surface area contributed by atoms with Crippen LogP contribution in [-0.4, -0.2) is 18.1 Å². The lowest BCUT2D eigenvalue weighted by Crippen LogP contribution is -2.16. The van der Waals surface area contributed by atoms with Gasteiger partial charge in [-0.15, -0.1) is 0 Å². The molecule has 2 N–H and O–H groups in total. The van der Waals surface area contributed by atoms with E-state index < -0.39 is 0 Å². The molecule has 0 unspecified atom stereocenters. The summed E-state index contributed by atoms with van der Waals surface area (Å²) in [6.07, 6.45) is 5.26. The summed E-state index contributed by atoms with van der Waals surface area (Å²) in [6.45, 7) is 9.40. The smallest absolute Gasteiger partial charge is 0.126 e. The molecule has 0 aromatic carbocycles. The molecule has 0 saturated heterocycles. The number of hydrogen-bond acceptors (Lipinski definition) is 3. The van der Waals surface area contributed by atoms with Crippen LogP contribution in [0.1, 0.15) is 45.6 Å². The van der Waals surface area contributed by atoms with Crippen molar-refractivity contribution in [3.8, 4) is 0 Å². The van der Waals surface area contributed by atoms with E-state index in [9.17, 15) is 0 Å². The largest absolute Gasteiger partial charge is 0.370 e. The first kappa shape index (κ1) is 16.3. The van der Waals surface area contributed by atoms with Gasteiger partial charge in [-0.25, -0.2) is 4.98 Å². The number of hydrogen-bond donors (Lipinski definition) is 2. The Morgan fingerprint density at radius 1 is 1.26 bits per heavy atom. The van der Waals surface area contributed by atoms with Crippen molar-refractivity contribution in [2.75, 3.05) is 18.4 Å². The van der Waals surface area contributed by atoms with Crippen LogP contribution in [-0.2, 0) is 6.54 Å². The fraction of sp³-hybridized carbons (Fsp3) is 0.667. The fourth-order valence-electron chi connectivity index (χ4n) is 1.94. The lowest BCUT2D eigenvalue weighted by molar-refractivity contribution is 0.518. The molecule has 0 fully saturated rings. The lowest BCUT2D eigenvalue weighted by atomic mass is 10.0. The summed E-state index contributed by atoms with van der Waals surface area (Å²) in [5.74, 6) is 1.63. The van der Waals surface area contributed by atoms with E-state index in [1.165, 1.54) is 12.8 Å². The van der Waals surface area contributed by atoms with Crippen LogP contribution in [0.5, 0.6) is 0 Å². The fourth-order valence-corrected chi connectivity index (χ4v) is 2.11. The molecular formula is C15H26ClN3. The standard InChI is InChI=1S/C15H26ClN3/c1-4-7-17-10-13-8-15(19-11-14(13)16)18-9-12(5-2)6-3/h8,11-12,17H,4-7,9-10H2,1-3H3,(H,18,19). The van der Waals surface area contributed by atoms with Crippen LogP contribution in [0.2, 0.25) is 5.02 Å². The number of nitrogens with one attached hydrogen (secondary N) is 2. The topological polar surface area (TPSA) is 37.0 Å². The zero-order valence-electron chi connectivity index (χ0n) is 12.3. The van der Waals surface area contributed by atoms with Crippen molar-refractivity contribution in [1.82, 2.24) is 10.3 Å². The van der Waals surface area contributed by atoms with E-state index in [-0.39, 0.29) is 0 Å². The van der Waals surface area contributed by atoms with E-state index in [1.807, 2.05) is 6.07 Å². The number of rotatable bonds is 9. The van der Waals surface area contributed by atoms with Crippen LogP contribution in [0.3, 0.4) is 0 Å². The lowest BCUT2D eigenvalue weighted by Gasteiger charge is -2.14. The summed E-state index contributed by atoms with van der Waals surface area (Å²) in [5, 5.41) is 7.51. The minimum Gasteiger partial charge on any atom is -0.370 e. The van der Waals surface area contributed by atoms with Gasteiger partial charge in [0.25, 0.3) is 0 Å². The molecule has 0 atom stereocenters. The van der Waals surface area contributed by atoms with Crippen molar-refractivity contribution < 1.29 is 0 Å². The highest BCUT2D eigenvalue weighted by Crippen LogP contribution is 2.18. The number of aromatic nitrogens is 1. The minimum absolute atomic E-state index is 0.708. The Bertz CT molecular complexity index is 364. The zero-order chi connectivity index (χ0) is 14.1. The Kier molecular flexibility index (Phi) is 7.84. The molecule has 0 aliphatic carbocycles. The maximum atomic E-state index is 6.16. The second kappa shape index (κ2) is 9.16. The third-order valence-corrected chi connectivity index (χ3v) is 3.74. The normalized spacial score (nSPS) is 11.0. The second-order valence-electron chi connectivity index (χ2n) is 4.90.